The van der Waals surface area contributed by atoms with Crippen molar-refractivity contribution in [1.82, 2.24) is 14.4 Å². The molecule has 2 aromatic rings. The lowest BCUT2D eigenvalue weighted by atomic mass is 9.93. The zero-order valence-corrected chi connectivity index (χ0v) is 9.78. The van der Waals surface area contributed by atoms with Gasteiger partial charge in [0.2, 0.25) is 5.78 Å². The summed E-state index contributed by atoms with van der Waals surface area (Å²) >= 11 is 0. The lowest BCUT2D eigenvalue weighted by Gasteiger charge is -2.13. The predicted molar refractivity (Wildman–Crippen MR) is 61.1 cm³/mol. The molecule has 0 saturated carbocycles. The van der Waals surface area contributed by atoms with Crippen molar-refractivity contribution in [2.45, 2.75) is 39.5 Å². The number of nitrogens with zero attached hydrogens (tertiary/aromatic N) is 3. The van der Waals surface area contributed by atoms with Gasteiger partial charge in [0.25, 0.3) is 0 Å². The van der Waals surface area contributed by atoms with Crippen molar-refractivity contribution in [3.05, 3.63) is 29.8 Å². The molecule has 0 unspecified atom stereocenters. The van der Waals surface area contributed by atoms with E-state index >= 15 is 0 Å². The largest absolute Gasteiger partial charge is 0.291 e. The first-order valence-electron chi connectivity index (χ1n) is 5.36. The van der Waals surface area contributed by atoms with E-state index in [0.29, 0.717) is 0 Å². The summed E-state index contributed by atoms with van der Waals surface area (Å²) in [5.41, 5.74) is 2.26. The maximum Gasteiger partial charge on any atom is 0.234 e. The van der Waals surface area contributed by atoms with Crippen LogP contribution in [0.2, 0.25) is 0 Å². The molecular weight excluding hydrogens is 186 g/mol. The van der Waals surface area contributed by atoms with Crippen LogP contribution < -0.4 is 0 Å². The molecule has 0 spiro atoms. The first kappa shape index (κ1) is 10.1. The number of rotatable bonds is 1. The normalized spacial score (nSPS) is 12.3. The molecule has 0 radical (unpaired) electrons. The first-order valence-corrected chi connectivity index (χ1v) is 5.36. The number of hydrogen-bond donors (Lipinski definition) is 0. The summed E-state index contributed by atoms with van der Waals surface area (Å²) in [7, 11) is 0. The van der Waals surface area contributed by atoms with Crippen LogP contribution in [0.4, 0.5) is 0 Å². The summed E-state index contributed by atoms with van der Waals surface area (Å²) in [5, 5.41) is 0. The zero-order valence-electron chi connectivity index (χ0n) is 9.78. The molecule has 0 aliphatic heterocycles. The molecule has 2 heterocycles. The molecule has 0 amide bonds. The van der Waals surface area contributed by atoms with Crippen LogP contribution in [-0.4, -0.2) is 14.4 Å². The van der Waals surface area contributed by atoms with E-state index in [-0.39, 0.29) is 5.41 Å². The van der Waals surface area contributed by atoms with Gasteiger partial charge in [0, 0.05) is 23.5 Å². The smallest absolute Gasteiger partial charge is 0.234 e. The number of aromatic nitrogens is 3. The molecular formula is C12H17N3. The summed E-state index contributed by atoms with van der Waals surface area (Å²) < 4.78 is 1.99. The quantitative estimate of drug-likeness (QED) is 0.713. The fourth-order valence-corrected chi connectivity index (χ4v) is 1.47. The highest BCUT2D eigenvalue weighted by Gasteiger charge is 2.17. The highest BCUT2D eigenvalue weighted by Crippen LogP contribution is 2.20. The van der Waals surface area contributed by atoms with E-state index < -0.39 is 0 Å². The van der Waals surface area contributed by atoms with Crippen LogP contribution in [0.1, 0.15) is 39.1 Å². The Labute approximate surface area is 90.2 Å². The van der Waals surface area contributed by atoms with Crippen LogP contribution in [0.15, 0.2) is 18.5 Å². The van der Waals surface area contributed by atoms with Crippen LogP contribution in [0, 0.1) is 0 Å². The third-order valence-electron chi connectivity index (χ3n) is 2.51. The summed E-state index contributed by atoms with van der Waals surface area (Å²) in [5.74, 6) is 0.805. The fourth-order valence-electron chi connectivity index (χ4n) is 1.47. The van der Waals surface area contributed by atoms with Crippen molar-refractivity contribution >= 4 is 5.78 Å². The molecule has 3 heteroatoms. The van der Waals surface area contributed by atoms with E-state index in [9.17, 15) is 0 Å². The Morgan fingerprint density at radius 2 is 2.00 bits per heavy atom. The maximum absolute atomic E-state index is 4.54. The SMILES string of the molecule is CCc1ccn2cc(C(C)(C)C)nc2n1. The summed E-state index contributed by atoms with van der Waals surface area (Å²) in [6, 6.07) is 2.04. The minimum atomic E-state index is 0.0834. The highest BCUT2D eigenvalue weighted by atomic mass is 15.1. The van der Waals surface area contributed by atoms with Crippen LogP contribution in [0.3, 0.4) is 0 Å². The molecule has 0 aliphatic rings. The highest BCUT2D eigenvalue weighted by molar-refractivity contribution is 5.33. The molecule has 15 heavy (non-hydrogen) atoms. The van der Waals surface area contributed by atoms with E-state index in [1.165, 1.54) is 0 Å². The van der Waals surface area contributed by atoms with E-state index in [0.717, 1.165) is 23.6 Å². The Morgan fingerprint density at radius 3 is 2.60 bits per heavy atom. The van der Waals surface area contributed by atoms with Gasteiger partial charge in [-0.25, -0.2) is 9.97 Å². The molecule has 0 aromatic carbocycles. The van der Waals surface area contributed by atoms with Crippen LogP contribution in [0.5, 0.6) is 0 Å². The van der Waals surface area contributed by atoms with Gasteiger partial charge in [-0.3, -0.25) is 4.40 Å². The standard InChI is InChI=1S/C12H17N3/c1-5-9-6-7-15-8-10(12(2,3)4)14-11(15)13-9/h6-8H,5H2,1-4H3. The number of aryl methyl sites for hydroxylation is 1. The third kappa shape index (κ3) is 1.87. The monoisotopic (exact) mass is 203 g/mol. The minimum Gasteiger partial charge on any atom is -0.291 e. The summed E-state index contributed by atoms with van der Waals surface area (Å²) in [6.45, 7) is 8.59. The van der Waals surface area contributed by atoms with E-state index in [4.69, 9.17) is 0 Å². The molecule has 0 atom stereocenters. The Hall–Kier alpha value is -1.38. The topological polar surface area (TPSA) is 30.2 Å². The second-order valence-corrected chi connectivity index (χ2v) is 4.86. The Bertz CT molecular complexity index is 477. The van der Waals surface area contributed by atoms with Crippen molar-refractivity contribution in [1.29, 1.82) is 0 Å². The molecule has 3 nitrogen and oxygen atoms in total. The fraction of sp³-hybridized carbons (Fsp3) is 0.500. The van der Waals surface area contributed by atoms with Gasteiger partial charge in [0.1, 0.15) is 0 Å². The molecule has 0 N–H and O–H groups in total. The number of hydrogen-bond acceptors (Lipinski definition) is 2. The van der Waals surface area contributed by atoms with Gasteiger partial charge in [0.05, 0.1) is 5.69 Å². The Kier molecular flexibility index (Phi) is 2.25. The van der Waals surface area contributed by atoms with E-state index in [2.05, 4.69) is 43.9 Å². The van der Waals surface area contributed by atoms with Crippen molar-refractivity contribution in [3.63, 3.8) is 0 Å². The second kappa shape index (κ2) is 3.33. The molecule has 80 valence electrons. The third-order valence-corrected chi connectivity index (χ3v) is 2.51. The van der Waals surface area contributed by atoms with Crippen molar-refractivity contribution in [2.75, 3.05) is 0 Å². The van der Waals surface area contributed by atoms with Crippen molar-refractivity contribution in [2.24, 2.45) is 0 Å². The second-order valence-electron chi connectivity index (χ2n) is 4.86. The summed E-state index contributed by atoms with van der Waals surface area (Å²) in [6.07, 6.45) is 5.04. The van der Waals surface area contributed by atoms with E-state index in [1.54, 1.807) is 0 Å². The molecule has 0 fully saturated rings. The van der Waals surface area contributed by atoms with Gasteiger partial charge in [-0.15, -0.1) is 0 Å². The lowest BCUT2D eigenvalue weighted by molar-refractivity contribution is 0.573. The number of fused-ring (bicyclic) bond motifs is 1. The van der Waals surface area contributed by atoms with Gasteiger partial charge in [-0.1, -0.05) is 27.7 Å². The average Bonchev–Trinajstić information content (AvgIpc) is 2.59. The van der Waals surface area contributed by atoms with Gasteiger partial charge in [-0.2, -0.15) is 0 Å². The van der Waals surface area contributed by atoms with Crippen LogP contribution >= 0.6 is 0 Å². The van der Waals surface area contributed by atoms with Crippen LogP contribution in [0.25, 0.3) is 5.78 Å². The predicted octanol–water partition coefficient (Wildman–Crippen LogP) is 2.59. The average molecular weight is 203 g/mol. The van der Waals surface area contributed by atoms with Crippen LogP contribution in [-0.2, 0) is 11.8 Å². The molecule has 0 saturated heterocycles. The van der Waals surface area contributed by atoms with Gasteiger partial charge >= 0.3 is 0 Å². The minimum absolute atomic E-state index is 0.0834. The zero-order chi connectivity index (χ0) is 11.1. The molecule has 2 rings (SSSR count). The van der Waals surface area contributed by atoms with Crippen molar-refractivity contribution < 1.29 is 0 Å². The van der Waals surface area contributed by atoms with E-state index in [1.807, 2.05) is 16.7 Å². The van der Waals surface area contributed by atoms with Crippen molar-refractivity contribution in [3.8, 4) is 0 Å². The van der Waals surface area contributed by atoms with Gasteiger partial charge in [0.15, 0.2) is 0 Å². The first-order chi connectivity index (χ1) is 7.00. The van der Waals surface area contributed by atoms with Gasteiger partial charge < -0.3 is 0 Å². The Morgan fingerprint density at radius 1 is 1.27 bits per heavy atom. The van der Waals surface area contributed by atoms with Gasteiger partial charge in [-0.05, 0) is 12.5 Å². The molecule has 2 aromatic heterocycles. The molecule has 0 bridgehead atoms. The molecule has 0 aliphatic carbocycles. The summed E-state index contributed by atoms with van der Waals surface area (Å²) in [4.78, 5) is 9.02. The Balaban J connectivity index is 2.56. The lowest BCUT2D eigenvalue weighted by Crippen LogP contribution is -2.11. The number of imidazole rings is 1. The maximum atomic E-state index is 4.54.